The van der Waals surface area contributed by atoms with Gasteiger partial charge in [0.05, 0.1) is 17.7 Å². The van der Waals surface area contributed by atoms with Gasteiger partial charge >= 0.3 is 12.1 Å². The molecule has 0 atom stereocenters. The average Bonchev–Trinajstić information content (AvgIpc) is 3.21. The van der Waals surface area contributed by atoms with Crippen molar-refractivity contribution in [2.24, 2.45) is 0 Å². The second-order valence-electron chi connectivity index (χ2n) is 6.77. The summed E-state index contributed by atoms with van der Waals surface area (Å²) in [5, 5.41) is 5.78. The number of amides is 1. The largest absolute Gasteiger partial charge is 0.456 e. The van der Waals surface area contributed by atoms with Gasteiger partial charge in [-0.25, -0.2) is 0 Å². The number of benzene rings is 2. The summed E-state index contributed by atoms with van der Waals surface area (Å²) in [7, 11) is 0. The molecule has 1 heterocycles. The lowest BCUT2D eigenvalue weighted by atomic mass is 10.1. The highest BCUT2D eigenvalue weighted by Gasteiger charge is 2.34. The lowest BCUT2D eigenvalue weighted by Crippen LogP contribution is -2.22. The Bertz CT molecular complexity index is 1110. The van der Waals surface area contributed by atoms with E-state index in [2.05, 4.69) is 15.5 Å². The fourth-order valence-corrected chi connectivity index (χ4v) is 2.82. The highest BCUT2D eigenvalue weighted by molar-refractivity contribution is 6.30. The molecule has 2 aromatic carbocycles. The summed E-state index contributed by atoms with van der Waals surface area (Å²) in [4.78, 5) is 28.0. The van der Waals surface area contributed by atoms with Gasteiger partial charge in [0, 0.05) is 17.0 Å². The predicted octanol–water partition coefficient (Wildman–Crippen LogP) is 4.83. The van der Waals surface area contributed by atoms with Crippen molar-refractivity contribution in [1.82, 2.24) is 10.1 Å². The molecule has 1 N–H and O–H groups in total. The lowest BCUT2D eigenvalue weighted by molar-refractivity contribution is -0.147. The first-order valence-corrected chi connectivity index (χ1v) is 9.71. The van der Waals surface area contributed by atoms with Crippen molar-refractivity contribution in [3.8, 4) is 11.4 Å². The summed E-state index contributed by atoms with van der Waals surface area (Å²) in [6, 6.07) is 10.4. The van der Waals surface area contributed by atoms with E-state index in [9.17, 15) is 22.8 Å². The van der Waals surface area contributed by atoms with E-state index in [1.165, 1.54) is 6.07 Å². The predicted molar refractivity (Wildman–Crippen MR) is 109 cm³/mol. The molecule has 0 unspecified atom stereocenters. The number of halogens is 4. The van der Waals surface area contributed by atoms with E-state index in [-0.39, 0.29) is 23.8 Å². The van der Waals surface area contributed by atoms with Crippen LogP contribution in [0.25, 0.3) is 11.4 Å². The molecule has 3 rings (SSSR count). The standard InChI is InChI=1S/C21H17ClF3N3O4/c1-12-2-4-13(5-3-12)20-27-18(32-28-20)8-9-19(30)31-11-17(29)26-16-7-6-14(22)10-15(16)21(23,24)25/h2-7,10H,8-9,11H2,1H3,(H,26,29). The van der Waals surface area contributed by atoms with Crippen LogP contribution in [0, 0.1) is 6.92 Å². The fraction of sp³-hybridized carbons (Fsp3) is 0.238. The molecule has 0 saturated heterocycles. The quantitative estimate of drug-likeness (QED) is 0.500. The Hall–Kier alpha value is -3.40. The van der Waals surface area contributed by atoms with Crippen LogP contribution in [0.3, 0.4) is 0 Å². The number of rotatable bonds is 7. The number of esters is 1. The molecule has 0 radical (unpaired) electrons. The zero-order valence-electron chi connectivity index (χ0n) is 16.7. The van der Waals surface area contributed by atoms with E-state index in [0.717, 1.165) is 17.2 Å². The maximum absolute atomic E-state index is 13.1. The highest BCUT2D eigenvalue weighted by atomic mass is 35.5. The summed E-state index contributed by atoms with van der Waals surface area (Å²) >= 11 is 5.59. The Morgan fingerprint density at radius 1 is 1.16 bits per heavy atom. The van der Waals surface area contributed by atoms with Crippen LogP contribution in [0.1, 0.15) is 23.4 Å². The van der Waals surface area contributed by atoms with Crippen LogP contribution in [0.4, 0.5) is 18.9 Å². The molecule has 11 heteroatoms. The first-order valence-electron chi connectivity index (χ1n) is 9.33. The topological polar surface area (TPSA) is 94.3 Å². The van der Waals surface area contributed by atoms with E-state index >= 15 is 0 Å². The molecule has 3 aromatic rings. The molecule has 0 aliphatic heterocycles. The van der Waals surface area contributed by atoms with Gasteiger partial charge in [0.2, 0.25) is 11.7 Å². The summed E-state index contributed by atoms with van der Waals surface area (Å²) in [6.45, 7) is 1.19. The molecule has 0 aliphatic carbocycles. The van der Waals surface area contributed by atoms with Crippen molar-refractivity contribution in [1.29, 1.82) is 0 Å². The van der Waals surface area contributed by atoms with Gasteiger partial charge in [-0.2, -0.15) is 18.2 Å². The second kappa shape index (κ2) is 9.82. The van der Waals surface area contributed by atoms with Crippen molar-refractivity contribution in [2.75, 3.05) is 11.9 Å². The van der Waals surface area contributed by atoms with Gasteiger partial charge in [-0.15, -0.1) is 0 Å². The number of nitrogens with zero attached hydrogens (tertiary/aromatic N) is 2. The van der Waals surface area contributed by atoms with Crippen LogP contribution < -0.4 is 5.32 Å². The van der Waals surface area contributed by atoms with Gasteiger partial charge in [0.25, 0.3) is 5.91 Å². The molecule has 0 saturated carbocycles. The van der Waals surface area contributed by atoms with Gasteiger partial charge in [0.1, 0.15) is 0 Å². The van der Waals surface area contributed by atoms with Crippen LogP contribution in [0.5, 0.6) is 0 Å². The average molecular weight is 468 g/mol. The molecule has 0 aliphatic rings. The SMILES string of the molecule is Cc1ccc(-c2noc(CCC(=O)OCC(=O)Nc3ccc(Cl)cc3C(F)(F)F)n2)cc1. The number of carbonyl (C=O) groups excluding carboxylic acids is 2. The Balaban J connectivity index is 1.48. The van der Waals surface area contributed by atoms with Crippen molar-refractivity contribution in [3.63, 3.8) is 0 Å². The highest BCUT2D eigenvalue weighted by Crippen LogP contribution is 2.36. The molecule has 0 spiro atoms. The molecule has 168 valence electrons. The van der Waals surface area contributed by atoms with Gasteiger partial charge < -0.3 is 14.6 Å². The zero-order valence-corrected chi connectivity index (χ0v) is 17.5. The Labute approximate surface area is 185 Å². The van der Waals surface area contributed by atoms with Gasteiger partial charge in [-0.1, -0.05) is 46.6 Å². The van der Waals surface area contributed by atoms with E-state index in [1.54, 1.807) is 0 Å². The van der Waals surface area contributed by atoms with E-state index in [1.807, 2.05) is 31.2 Å². The fourth-order valence-electron chi connectivity index (χ4n) is 2.65. The second-order valence-corrected chi connectivity index (χ2v) is 7.21. The number of aryl methyl sites for hydroxylation is 2. The summed E-state index contributed by atoms with van der Waals surface area (Å²) < 4.78 is 49.1. The van der Waals surface area contributed by atoms with E-state index < -0.39 is 35.9 Å². The van der Waals surface area contributed by atoms with Gasteiger partial charge in [-0.05, 0) is 25.1 Å². The molecule has 1 amide bonds. The first kappa shape index (κ1) is 23.3. The minimum atomic E-state index is -4.72. The van der Waals surface area contributed by atoms with Gasteiger partial charge in [-0.3, -0.25) is 9.59 Å². The number of aromatic nitrogens is 2. The molecule has 32 heavy (non-hydrogen) atoms. The minimum absolute atomic E-state index is 0.0781. The summed E-state index contributed by atoms with van der Waals surface area (Å²) in [5.41, 5.74) is 0.239. The number of carbonyl (C=O) groups is 2. The lowest BCUT2D eigenvalue weighted by Gasteiger charge is -2.14. The third-order valence-corrected chi connectivity index (χ3v) is 4.48. The maximum Gasteiger partial charge on any atom is 0.418 e. The van der Waals surface area contributed by atoms with Crippen LogP contribution in [-0.4, -0.2) is 28.6 Å². The Morgan fingerprint density at radius 3 is 2.56 bits per heavy atom. The zero-order chi connectivity index (χ0) is 23.3. The number of alkyl halides is 3. The Morgan fingerprint density at radius 2 is 1.88 bits per heavy atom. The van der Waals surface area contributed by atoms with Crippen LogP contribution >= 0.6 is 11.6 Å². The molecule has 0 fully saturated rings. The molecule has 1 aromatic heterocycles. The van der Waals surface area contributed by atoms with Crippen LogP contribution in [0.2, 0.25) is 5.02 Å². The minimum Gasteiger partial charge on any atom is -0.456 e. The van der Waals surface area contributed by atoms with E-state index in [0.29, 0.717) is 11.9 Å². The number of ether oxygens (including phenoxy) is 1. The first-order chi connectivity index (χ1) is 15.1. The monoisotopic (exact) mass is 467 g/mol. The van der Waals surface area contributed by atoms with Crippen molar-refractivity contribution < 1.29 is 32.0 Å². The maximum atomic E-state index is 13.1. The number of hydrogen-bond donors (Lipinski definition) is 1. The molecular weight excluding hydrogens is 451 g/mol. The number of hydrogen-bond acceptors (Lipinski definition) is 6. The van der Waals surface area contributed by atoms with Crippen molar-refractivity contribution in [2.45, 2.75) is 25.9 Å². The normalized spacial score (nSPS) is 11.3. The van der Waals surface area contributed by atoms with Crippen molar-refractivity contribution in [3.05, 3.63) is 64.5 Å². The third kappa shape index (κ3) is 6.30. The van der Waals surface area contributed by atoms with Crippen LogP contribution in [-0.2, 0) is 26.9 Å². The summed E-state index contributed by atoms with van der Waals surface area (Å²) in [5.74, 6) is -1.10. The van der Waals surface area contributed by atoms with Crippen molar-refractivity contribution >= 4 is 29.2 Å². The number of anilines is 1. The van der Waals surface area contributed by atoms with Gasteiger partial charge in [0.15, 0.2) is 6.61 Å². The van der Waals surface area contributed by atoms with Crippen LogP contribution in [0.15, 0.2) is 47.0 Å². The molecule has 7 nitrogen and oxygen atoms in total. The smallest absolute Gasteiger partial charge is 0.418 e. The third-order valence-electron chi connectivity index (χ3n) is 4.25. The molecule has 0 bridgehead atoms. The Kier molecular flexibility index (Phi) is 7.14. The summed E-state index contributed by atoms with van der Waals surface area (Å²) in [6.07, 6.45) is -4.79. The molecular formula is C21H17ClF3N3O4. The van der Waals surface area contributed by atoms with E-state index in [4.69, 9.17) is 20.9 Å². The number of nitrogens with one attached hydrogen (secondary N) is 1.